The van der Waals surface area contributed by atoms with Gasteiger partial charge in [0.1, 0.15) is 0 Å². The maximum Gasteiger partial charge on any atom is 0.315 e. The van der Waals surface area contributed by atoms with E-state index in [-0.39, 0.29) is 18.5 Å². The van der Waals surface area contributed by atoms with Crippen molar-refractivity contribution in [1.29, 1.82) is 0 Å². The molecule has 0 aromatic heterocycles. The van der Waals surface area contributed by atoms with Gasteiger partial charge >= 0.3 is 13.5 Å². The van der Waals surface area contributed by atoms with Crippen LogP contribution in [0.4, 0.5) is 0 Å². The van der Waals surface area contributed by atoms with E-state index >= 15 is 0 Å². The van der Waals surface area contributed by atoms with Crippen molar-refractivity contribution in [3.8, 4) is 0 Å². The first-order valence-corrected chi connectivity index (χ1v) is 7.23. The molecule has 1 saturated heterocycles. The third-order valence-electron chi connectivity index (χ3n) is 2.85. The lowest BCUT2D eigenvalue weighted by Crippen LogP contribution is -2.45. The highest BCUT2D eigenvalue weighted by Crippen LogP contribution is 2.17. The number of aliphatic carboxylic acids is 1. The lowest BCUT2D eigenvalue weighted by Gasteiger charge is -2.27. The quantitative estimate of drug-likeness (QED) is 0.618. The summed E-state index contributed by atoms with van der Waals surface area (Å²) in [4.78, 5) is 11.3. The van der Waals surface area contributed by atoms with Gasteiger partial charge in [0.2, 0.25) is 0 Å². The van der Waals surface area contributed by atoms with E-state index in [0.717, 1.165) is 6.42 Å². The molecule has 1 fully saturated rings. The summed E-state index contributed by atoms with van der Waals surface area (Å²) in [5.74, 6) is -0.983. The van der Waals surface area contributed by atoms with Gasteiger partial charge in [0.25, 0.3) is 0 Å². The molecule has 0 spiro atoms. The number of benzene rings is 1. The second-order valence-corrected chi connectivity index (χ2v) is 5.62. The zero-order valence-electron chi connectivity index (χ0n) is 10.3. The van der Waals surface area contributed by atoms with Crippen molar-refractivity contribution in [1.82, 2.24) is 4.72 Å². The van der Waals surface area contributed by atoms with E-state index in [2.05, 4.69) is 4.72 Å². The van der Waals surface area contributed by atoms with Crippen molar-refractivity contribution in [3.05, 3.63) is 30.3 Å². The van der Waals surface area contributed by atoms with E-state index in [1.54, 1.807) is 19.6 Å². The first kappa shape index (κ1) is 14.4. The molecular weight excluding hydrogens is 265 g/mol. The van der Waals surface area contributed by atoms with Gasteiger partial charge in [-0.25, -0.2) is 0 Å². The third-order valence-corrected chi connectivity index (χ3v) is 4.07. The van der Waals surface area contributed by atoms with Gasteiger partial charge in [-0.15, -0.1) is 4.72 Å². The molecule has 1 aromatic rings. The van der Waals surface area contributed by atoms with Gasteiger partial charge in [0.05, 0.1) is 29.8 Å². The Hall–Kier alpha value is -1.02. The second kappa shape index (κ2) is 6.95. The van der Waals surface area contributed by atoms with E-state index in [0.29, 0.717) is 11.3 Å². The van der Waals surface area contributed by atoms with Crippen LogP contribution in [0.2, 0.25) is 0 Å². The molecule has 0 amide bonds. The number of hydrogen-bond donors (Lipinski definition) is 2. The predicted octanol–water partition coefficient (Wildman–Crippen LogP) is 0.898. The molecule has 3 atom stereocenters. The Kier molecular flexibility index (Phi) is 5.27. The Morgan fingerprint density at radius 3 is 2.79 bits per heavy atom. The molecule has 0 bridgehead atoms. The molecule has 1 aromatic carbocycles. The van der Waals surface area contributed by atoms with E-state index in [4.69, 9.17) is 9.76 Å². The summed E-state index contributed by atoms with van der Waals surface area (Å²) in [6.07, 6.45) is 1.09. The standard InChI is InChI=1S/C12H15BNO4S/c15-12(16)8-9-6-7-11(13-18-9)14-19(17)10-4-2-1-3-5-10/h1-5,9,11,14H,6-8H2,(H,15,16). The topological polar surface area (TPSA) is 81.6 Å². The van der Waals surface area contributed by atoms with Crippen LogP contribution in [0.15, 0.2) is 35.2 Å². The van der Waals surface area contributed by atoms with Crippen LogP contribution in [-0.4, -0.2) is 35.2 Å². The SMILES string of the molecule is O=C(O)CC1CCC(N[S+]([O-])c2ccccc2)[B]O1. The molecule has 5 nitrogen and oxygen atoms in total. The van der Waals surface area contributed by atoms with Gasteiger partial charge in [-0.2, -0.15) is 0 Å². The molecule has 0 aliphatic carbocycles. The van der Waals surface area contributed by atoms with Crippen LogP contribution in [0, 0.1) is 0 Å². The minimum absolute atomic E-state index is 0.00495. The lowest BCUT2D eigenvalue weighted by atomic mass is 9.80. The molecule has 2 rings (SSSR count). The molecule has 1 heterocycles. The van der Waals surface area contributed by atoms with E-state index < -0.39 is 17.3 Å². The minimum atomic E-state index is -1.28. The number of rotatable bonds is 5. The highest BCUT2D eigenvalue weighted by molar-refractivity contribution is 7.89. The van der Waals surface area contributed by atoms with Gasteiger partial charge < -0.3 is 14.3 Å². The summed E-state index contributed by atoms with van der Waals surface area (Å²) < 4.78 is 20.3. The second-order valence-electron chi connectivity index (χ2n) is 4.38. The molecule has 101 valence electrons. The summed E-state index contributed by atoms with van der Waals surface area (Å²) >= 11 is -1.28. The summed E-state index contributed by atoms with van der Waals surface area (Å²) in [6.45, 7) is 0. The van der Waals surface area contributed by atoms with Crippen molar-refractivity contribution >= 4 is 24.8 Å². The molecular formula is C12H15BNO4S. The molecule has 3 unspecified atom stereocenters. The maximum atomic E-state index is 12.0. The monoisotopic (exact) mass is 280 g/mol. The van der Waals surface area contributed by atoms with Crippen molar-refractivity contribution in [2.24, 2.45) is 0 Å². The summed E-state index contributed by atoms with van der Waals surface area (Å²) in [5, 5.41) is 8.67. The van der Waals surface area contributed by atoms with Crippen LogP contribution < -0.4 is 4.72 Å². The Bertz CT molecular complexity index is 411. The van der Waals surface area contributed by atoms with E-state index in [1.807, 2.05) is 18.2 Å². The summed E-state index contributed by atoms with van der Waals surface area (Å²) in [5.41, 5.74) is 0. The average Bonchev–Trinajstić information content (AvgIpc) is 2.41. The Morgan fingerprint density at radius 2 is 2.21 bits per heavy atom. The zero-order valence-corrected chi connectivity index (χ0v) is 11.1. The first-order valence-electron chi connectivity index (χ1n) is 6.09. The number of carboxylic acid groups (broad SMARTS) is 1. The number of hydrogen-bond acceptors (Lipinski definition) is 4. The van der Waals surface area contributed by atoms with Crippen molar-refractivity contribution in [2.45, 2.75) is 36.2 Å². The fraction of sp³-hybridized carbons (Fsp3) is 0.417. The Morgan fingerprint density at radius 1 is 1.47 bits per heavy atom. The fourth-order valence-electron chi connectivity index (χ4n) is 1.89. The Balaban J connectivity index is 1.78. The van der Waals surface area contributed by atoms with E-state index in [1.165, 1.54) is 0 Å². The van der Waals surface area contributed by atoms with Crippen LogP contribution in [0.1, 0.15) is 19.3 Å². The smallest absolute Gasteiger partial charge is 0.315 e. The first-order chi connectivity index (χ1) is 9.15. The number of nitrogens with one attached hydrogen (secondary N) is 1. The predicted molar refractivity (Wildman–Crippen MR) is 71.9 cm³/mol. The van der Waals surface area contributed by atoms with Crippen LogP contribution >= 0.6 is 0 Å². The van der Waals surface area contributed by atoms with Crippen LogP contribution in [0.25, 0.3) is 0 Å². The third kappa shape index (κ3) is 4.54. The molecule has 1 aliphatic heterocycles. The van der Waals surface area contributed by atoms with Gasteiger partial charge in [-0.1, -0.05) is 18.2 Å². The number of carbonyl (C=O) groups is 1. The van der Waals surface area contributed by atoms with Gasteiger partial charge in [-0.3, -0.25) is 4.79 Å². The normalized spacial score (nSPS) is 24.5. The zero-order chi connectivity index (χ0) is 13.7. The van der Waals surface area contributed by atoms with Gasteiger partial charge in [0.15, 0.2) is 4.90 Å². The molecule has 2 N–H and O–H groups in total. The summed E-state index contributed by atoms with van der Waals surface area (Å²) in [7, 11) is 1.55. The number of carboxylic acids is 1. The van der Waals surface area contributed by atoms with Crippen LogP contribution in [0.3, 0.4) is 0 Å². The van der Waals surface area contributed by atoms with Crippen molar-refractivity contribution < 1.29 is 19.1 Å². The molecule has 0 saturated carbocycles. The van der Waals surface area contributed by atoms with Crippen LogP contribution in [-0.2, 0) is 20.8 Å². The lowest BCUT2D eigenvalue weighted by molar-refractivity contribution is -0.139. The Labute approximate surface area is 115 Å². The fourth-order valence-corrected chi connectivity index (χ4v) is 2.88. The average molecular weight is 280 g/mol. The van der Waals surface area contributed by atoms with Gasteiger partial charge in [-0.05, 0) is 25.0 Å². The molecule has 1 radical (unpaired) electrons. The van der Waals surface area contributed by atoms with Crippen LogP contribution in [0.5, 0.6) is 0 Å². The molecule has 1 aliphatic rings. The minimum Gasteiger partial charge on any atom is -0.593 e. The van der Waals surface area contributed by atoms with Crippen molar-refractivity contribution in [2.75, 3.05) is 0 Å². The summed E-state index contributed by atoms with van der Waals surface area (Å²) in [6, 6.07) is 9.12. The largest absolute Gasteiger partial charge is 0.593 e. The highest BCUT2D eigenvalue weighted by atomic mass is 32.2. The van der Waals surface area contributed by atoms with E-state index in [9.17, 15) is 9.35 Å². The molecule has 19 heavy (non-hydrogen) atoms. The highest BCUT2D eigenvalue weighted by Gasteiger charge is 2.28. The van der Waals surface area contributed by atoms with Crippen molar-refractivity contribution in [3.63, 3.8) is 0 Å². The molecule has 7 heteroatoms. The maximum absolute atomic E-state index is 12.0. The van der Waals surface area contributed by atoms with Gasteiger partial charge in [0, 0.05) is 0 Å².